The van der Waals surface area contributed by atoms with Crippen molar-refractivity contribution in [3.05, 3.63) is 9.50 Å². The molecular weight excluding hydrogens is 279 g/mol. The van der Waals surface area contributed by atoms with E-state index in [0.717, 1.165) is 31.0 Å². The van der Waals surface area contributed by atoms with Gasteiger partial charge in [0, 0.05) is 0 Å². The summed E-state index contributed by atoms with van der Waals surface area (Å²) in [4.78, 5) is 11.4. The molecule has 0 aliphatic carbocycles. The van der Waals surface area contributed by atoms with Gasteiger partial charge >= 0.3 is 104 Å². The molecule has 0 rings (SSSR count). The van der Waals surface area contributed by atoms with Crippen molar-refractivity contribution in [2.24, 2.45) is 0 Å². The fourth-order valence-electron chi connectivity index (χ4n) is 1.13. The van der Waals surface area contributed by atoms with Crippen molar-refractivity contribution in [1.82, 2.24) is 0 Å². The van der Waals surface area contributed by atoms with Crippen LogP contribution < -0.4 is 0 Å². The summed E-state index contributed by atoms with van der Waals surface area (Å²) in [6, 6.07) is 0. The Kier molecular flexibility index (Phi) is 9.27. The molecule has 15 heavy (non-hydrogen) atoms. The summed E-state index contributed by atoms with van der Waals surface area (Å²) < 4.78 is 5.44. The number of rotatable bonds is 7. The van der Waals surface area contributed by atoms with E-state index < -0.39 is 0 Å². The van der Waals surface area contributed by atoms with Crippen LogP contribution in [0.5, 0.6) is 0 Å². The number of esters is 1. The van der Waals surface area contributed by atoms with Crippen molar-refractivity contribution < 1.29 is 9.53 Å². The van der Waals surface area contributed by atoms with E-state index in [-0.39, 0.29) is 20.9 Å². The molecule has 0 spiro atoms. The molecule has 0 aromatic rings. The zero-order valence-corrected chi connectivity index (χ0v) is 12.1. The van der Waals surface area contributed by atoms with Crippen LogP contribution in [0.2, 0.25) is 5.32 Å². The normalized spacial score (nSPS) is 12.3. The first kappa shape index (κ1) is 15.0. The fourth-order valence-corrected chi connectivity index (χ4v) is 3.19. The number of carbonyl (C=O) groups excluding carboxylic acids is 1. The molecule has 0 saturated carbocycles. The Morgan fingerprint density at radius 2 is 2.00 bits per heavy atom. The quantitative estimate of drug-likeness (QED) is 0.312. The van der Waals surface area contributed by atoms with Crippen LogP contribution in [0.25, 0.3) is 0 Å². The van der Waals surface area contributed by atoms with Gasteiger partial charge in [0.15, 0.2) is 0 Å². The van der Waals surface area contributed by atoms with Crippen molar-refractivity contribution in [2.45, 2.75) is 44.9 Å². The molecule has 0 fully saturated rings. The van der Waals surface area contributed by atoms with Gasteiger partial charge in [0.05, 0.1) is 0 Å². The molecule has 0 aromatic carbocycles. The van der Waals surface area contributed by atoms with Crippen LogP contribution in [0.15, 0.2) is 9.50 Å². The molecule has 0 bridgehead atoms. The van der Waals surface area contributed by atoms with E-state index in [0.29, 0.717) is 9.50 Å². The summed E-state index contributed by atoms with van der Waals surface area (Å²) in [6.45, 7) is 4.20. The minimum absolute atomic E-state index is 0.149. The van der Waals surface area contributed by atoms with Gasteiger partial charge in [-0.25, -0.2) is 0 Å². The van der Waals surface area contributed by atoms with Gasteiger partial charge in [0.25, 0.3) is 0 Å². The predicted molar refractivity (Wildman–Crippen MR) is 65.3 cm³/mol. The van der Waals surface area contributed by atoms with Crippen molar-refractivity contribution in [3.8, 4) is 0 Å². The number of halogens is 1. The summed E-state index contributed by atoms with van der Waals surface area (Å²) in [7, 11) is 1.41. The second-order valence-electron chi connectivity index (χ2n) is 3.12. The molecule has 4 heteroatoms. The second kappa shape index (κ2) is 9.26. The Morgan fingerprint density at radius 3 is 2.47 bits per heavy atom. The fraction of sp³-hybridized carbons (Fsp3) is 0.727. The van der Waals surface area contributed by atoms with Crippen LogP contribution in [0.4, 0.5) is 0 Å². The summed E-state index contributed by atoms with van der Waals surface area (Å²) in [6.07, 6.45) is 4.18. The third-order valence-electron chi connectivity index (χ3n) is 1.91. The monoisotopic (exact) mass is 298 g/mol. The van der Waals surface area contributed by atoms with Crippen molar-refractivity contribution in [2.75, 3.05) is 7.11 Å². The van der Waals surface area contributed by atoms with Gasteiger partial charge in [-0.05, 0) is 0 Å². The zero-order valence-electron chi connectivity index (χ0n) is 9.64. The molecule has 0 aromatic heterocycles. The minimum atomic E-state index is -0.252. The molecule has 0 saturated heterocycles. The number of methoxy groups -OCH3 is 1. The summed E-state index contributed by atoms with van der Waals surface area (Å²) in [5, 5.41) is 1.68. The van der Waals surface area contributed by atoms with E-state index in [9.17, 15) is 4.79 Å². The van der Waals surface area contributed by atoms with Crippen LogP contribution in [-0.2, 0) is 9.53 Å². The Balaban J connectivity index is 4.39. The van der Waals surface area contributed by atoms with Crippen LogP contribution in [-0.4, -0.2) is 28.0 Å². The van der Waals surface area contributed by atoms with Crippen LogP contribution in [0.1, 0.15) is 39.5 Å². The molecule has 0 heterocycles. The Morgan fingerprint density at radius 1 is 1.33 bits per heavy atom. The Labute approximate surface area is 104 Å². The van der Waals surface area contributed by atoms with E-state index >= 15 is 0 Å². The first-order chi connectivity index (χ1) is 7.17. The zero-order chi connectivity index (χ0) is 11.7. The van der Waals surface area contributed by atoms with Gasteiger partial charge in [-0.2, -0.15) is 0 Å². The van der Waals surface area contributed by atoms with Gasteiger partial charge in [-0.15, -0.1) is 0 Å². The average molecular weight is 298 g/mol. The SMILES string of the molecule is CCCCC/C(Cl)=C(\[Se]CC)C(=O)OC. The van der Waals surface area contributed by atoms with Gasteiger partial charge in [-0.3, -0.25) is 0 Å². The molecule has 88 valence electrons. The van der Waals surface area contributed by atoms with E-state index in [2.05, 4.69) is 13.8 Å². The first-order valence-electron chi connectivity index (χ1n) is 5.27. The number of allylic oxidation sites excluding steroid dienone is 1. The Hall–Kier alpha value is 0.0195. The van der Waals surface area contributed by atoms with Gasteiger partial charge in [0.1, 0.15) is 0 Å². The number of ether oxygens (including phenoxy) is 1. The molecule has 0 radical (unpaired) electrons. The molecular formula is C11H19ClO2Se. The maximum atomic E-state index is 11.4. The third-order valence-corrected chi connectivity index (χ3v) is 4.62. The molecule has 0 unspecified atom stereocenters. The predicted octanol–water partition coefficient (Wildman–Crippen LogP) is 3.33. The molecule has 0 aliphatic rings. The number of hydrogen-bond acceptors (Lipinski definition) is 2. The second-order valence-corrected chi connectivity index (χ2v) is 6.25. The molecule has 0 atom stereocenters. The van der Waals surface area contributed by atoms with Crippen molar-refractivity contribution in [1.29, 1.82) is 0 Å². The van der Waals surface area contributed by atoms with Gasteiger partial charge in [0.2, 0.25) is 0 Å². The van der Waals surface area contributed by atoms with Crippen LogP contribution >= 0.6 is 11.6 Å². The molecule has 0 N–H and O–H groups in total. The van der Waals surface area contributed by atoms with Crippen LogP contribution in [0.3, 0.4) is 0 Å². The van der Waals surface area contributed by atoms with E-state index in [1.165, 1.54) is 7.11 Å². The van der Waals surface area contributed by atoms with E-state index in [4.69, 9.17) is 16.3 Å². The van der Waals surface area contributed by atoms with Crippen LogP contribution in [0, 0.1) is 0 Å². The third kappa shape index (κ3) is 6.24. The van der Waals surface area contributed by atoms with E-state index in [1.54, 1.807) is 0 Å². The van der Waals surface area contributed by atoms with Gasteiger partial charge in [-0.1, -0.05) is 0 Å². The van der Waals surface area contributed by atoms with Crippen molar-refractivity contribution >= 4 is 32.5 Å². The van der Waals surface area contributed by atoms with Crippen molar-refractivity contribution in [3.63, 3.8) is 0 Å². The summed E-state index contributed by atoms with van der Waals surface area (Å²) >= 11 is 6.28. The van der Waals surface area contributed by atoms with E-state index in [1.807, 2.05) is 0 Å². The maximum absolute atomic E-state index is 11.4. The topological polar surface area (TPSA) is 26.3 Å². The number of hydrogen-bond donors (Lipinski definition) is 0. The molecule has 0 aliphatic heterocycles. The summed E-state index contributed by atoms with van der Waals surface area (Å²) in [5.74, 6) is -0.252. The number of unbranched alkanes of at least 4 members (excludes halogenated alkanes) is 2. The summed E-state index contributed by atoms with van der Waals surface area (Å²) in [5.41, 5.74) is 0. The Bertz CT molecular complexity index is 227. The standard InChI is InChI=1S/C11H19ClO2Se/c1-4-6-7-8-9(12)10(15-5-2)11(13)14-3/h4-8H2,1-3H3/b10-9+. The first-order valence-corrected chi connectivity index (χ1v) is 7.71. The average Bonchev–Trinajstić information content (AvgIpc) is 2.25. The molecule has 2 nitrogen and oxygen atoms in total. The molecule has 0 amide bonds. The number of carbonyl (C=O) groups is 1. The van der Waals surface area contributed by atoms with Gasteiger partial charge < -0.3 is 0 Å².